The van der Waals surface area contributed by atoms with Crippen molar-refractivity contribution in [3.63, 3.8) is 0 Å². The average molecular weight is 327 g/mol. The fraction of sp³-hybridized carbons (Fsp3) is 0.550. The molecule has 0 unspecified atom stereocenters. The number of carbonyl (C=O) groups is 1. The van der Waals surface area contributed by atoms with Gasteiger partial charge in [0, 0.05) is 34.7 Å². The minimum atomic E-state index is 0.0233. The number of amides is 1. The summed E-state index contributed by atoms with van der Waals surface area (Å²) in [6.45, 7) is 5.05. The third-order valence-corrected chi connectivity index (χ3v) is 5.26. The van der Waals surface area contributed by atoms with Crippen LogP contribution in [-0.4, -0.2) is 42.5 Å². The van der Waals surface area contributed by atoms with Crippen LogP contribution in [0.1, 0.15) is 48.3 Å². The van der Waals surface area contributed by atoms with Gasteiger partial charge in [-0.25, -0.2) is 0 Å². The van der Waals surface area contributed by atoms with Gasteiger partial charge in [-0.15, -0.1) is 0 Å². The van der Waals surface area contributed by atoms with Gasteiger partial charge in [0.1, 0.15) is 0 Å². The molecule has 0 bridgehead atoms. The normalized spacial score (nSPS) is 15.8. The number of carbonyl (C=O) groups excluding carboxylic acids is 1. The van der Waals surface area contributed by atoms with Crippen LogP contribution in [-0.2, 0) is 12.8 Å². The van der Waals surface area contributed by atoms with Crippen LogP contribution in [0.4, 0.5) is 0 Å². The van der Waals surface area contributed by atoms with Gasteiger partial charge in [-0.2, -0.15) is 0 Å². The van der Waals surface area contributed by atoms with E-state index < -0.39 is 0 Å². The largest absolute Gasteiger partial charge is 0.358 e. The van der Waals surface area contributed by atoms with E-state index in [0.29, 0.717) is 18.5 Å². The molecular weight excluding hydrogens is 298 g/mol. The molecule has 0 saturated carbocycles. The molecule has 2 N–H and O–H groups in total. The smallest absolute Gasteiger partial charge is 0.251 e. The summed E-state index contributed by atoms with van der Waals surface area (Å²) in [6, 6.07) is 6.39. The predicted molar refractivity (Wildman–Crippen MR) is 99.6 cm³/mol. The fourth-order valence-electron chi connectivity index (χ4n) is 3.86. The van der Waals surface area contributed by atoms with Crippen LogP contribution in [0.2, 0.25) is 0 Å². The Balaban J connectivity index is 1.77. The van der Waals surface area contributed by atoms with Crippen molar-refractivity contribution in [3.8, 4) is 0 Å². The van der Waals surface area contributed by atoms with Gasteiger partial charge in [-0.1, -0.05) is 13.8 Å². The standard InChI is InChI=1S/C20H29N3O/c1-13(2)19(23(3)4)12-21-20(24)14-9-10-18-16(11-14)15-7-5-6-8-17(15)22-18/h9-11,13,19,22H,5-8,12H2,1-4H3,(H,21,24)/t19-/m0/s1. The molecule has 1 aromatic carbocycles. The Hall–Kier alpha value is -1.81. The quantitative estimate of drug-likeness (QED) is 0.884. The van der Waals surface area contributed by atoms with Crippen LogP contribution < -0.4 is 5.32 Å². The van der Waals surface area contributed by atoms with Gasteiger partial charge < -0.3 is 15.2 Å². The topological polar surface area (TPSA) is 48.1 Å². The summed E-state index contributed by atoms with van der Waals surface area (Å²) in [5.41, 5.74) is 4.70. The highest BCUT2D eigenvalue weighted by Crippen LogP contribution is 2.29. The predicted octanol–water partition coefficient (Wildman–Crippen LogP) is 3.36. The lowest BCUT2D eigenvalue weighted by atomic mass is 9.95. The maximum absolute atomic E-state index is 12.6. The monoisotopic (exact) mass is 327 g/mol. The second-order valence-corrected chi connectivity index (χ2v) is 7.53. The minimum Gasteiger partial charge on any atom is -0.358 e. The van der Waals surface area contributed by atoms with Gasteiger partial charge in [0.2, 0.25) is 0 Å². The third kappa shape index (κ3) is 3.34. The Morgan fingerprint density at radius 1 is 1.25 bits per heavy atom. The van der Waals surface area contributed by atoms with Crippen LogP contribution in [0.3, 0.4) is 0 Å². The number of H-pyrrole nitrogens is 1. The molecule has 4 heteroatoms. The molecule has 1 heterocycles. The number of aromatic nitrogens is 1. The van der Waals surface area contributed by atoms with E-state index in [9.17, 15) is 4.79 Å². The lowest BCUT2D eigenvalue weighted by molar-refractivity contribution is 0.0935. The second kappa shape index (κ2) is 6.98. The summed E-state index contributed by atoms with van der Waals surface area (Å²) in [4.78, 5) is 18.3. The van der Waals surface area contributed by atoms with Gasteiger partial charge in [0.05, 0.1) is 0 Å². The van der Waals surface area contributed by atoms with Crippen LogP contribution in [0.15, 0.2) is 18.2 Å². The summed E-state index contributed by atoms with van der Waals surface area (Å²) in [6.07, 6.45) is 4.75. The van der Waals surface area contributed by atoms with Gasteiger partial charge in [-0.3, -0.25) is 4.79 Å². The van der Waals surface area contributed by atoms with Crippen LogP contribution in [0.25, 0.3) is 10.9 Å². The molecule has 0 saturated heterocycles. The first kappa shape index (κ1) is 17.0. The molecule has 1 atom stereocenters. The number of aryl methyl sites for hydroxylation is 2. The zero-order valence-electron chi connectivity index (χ0n) is 15.3. The van der Waals surface area contributed by atoms with E-state index in [1.54, 1.807) is 0 Å². The van der Waals surface area contributed by atoms with Crippen LogP contribution in [0.5, 0.6) is 0 Å². The van der Waals surface area contributed by atoms with Crippen molar-refractivity contribution in [2.45, 2.75) is 45.6 Å². The van der Waals surface area contributed by atoms with Crippen molar-refractivity contribution in [1.29, 1.82) is 0 Å². The van der Waals surface area contributed by atoms with Gasteiger partial charge in [0.15, 0.2) is 0 Å². The number of hydrogen-bond donors (Lipinski definition) is 2. The molecule has 1 aromatic heterocycles. The van der Waals surface area contributed by atoms with E-state index in [-0.39, 0.29) is 5.91 Å². The van der Waals surface area contributed by atoms with Crippen LogP contribution >= 0.6 is 0 Å². The number of nitrogens with one attached hydrogen (secondary N) is 2. The molecule has 3 rings (SSSR count). The lowest BCUT2D eigenvalue weighted by Crippen LogP contribution is -2.43. The summed E-state index contributed by atoms with van der Waals surface area (Å²) in [5, 5.41) is 4.34. The Morgan fingerprint density at radius 2 is 2.00 bits per heavy atom. The van der Waals surface area contributed by atoms with Crippen molar-refractivity contribution in [1.82, 2.24) is 15.2 Å². The zero-order valence-corrected chi connectivity index (χ0v) is 15.3. The Morgan fingerprint density at radius 3 is 2.71 bits per heavy atom. The van der Waals surface area contributed by atoms with E-state index >= 15 is 0 Å². The number of nitrogens with zero attached hydrogens (tertiary/aromatic N) is 1. The van der Waals surface area contributed by atoms with E-state index in [2.05, 4.69) is 55.3 Å². The number of aromatic amines is 1. The zero-order chi connectivity index (χ0) is 17.3. The highest BCUT2D eigenvalue weighted by molar-refractivity contribution is 5.99. The molecule has 1 aliphatic rings. The first-order valence-electron chi connectivity index (χ1n) is 9.05. The molecule has 2 aromatic rings. The van der Waals surface area contributed by atoms with Crippen molar-refractivity contribution >= 4 is 16.8 Å². The van der Waals surface area contributed by atoms with Crippen molar-refractivity contribution in [3.05, 3.63) is 35.0 Å². The van der Waals surface area contributed by atoms with Crippen molar-refractivity contribution in [2.24, 2.45) is 5.92 Å². The van der Waals surface area contributed by atoms with E-state index in [1.165, 1.54) is 29.5 Å². The minimum absolute atomic E-state index is 0.0233. The van der Waals surface area contributed by atoms with E-state index in [1.807, 2.05) is 6.07 Å². The average Bonchev–Trinajstić information content (AvgIpc) is 2.92. The number of likely N-dealkylation sites (N-methyl/N-ethyl adjacent to an activating group) is 1. The molecular formula is C20H29N3O. The summed E-state index contributed by atoms with van der Waals surface area (Å²) >= 11 is 0. The molecule has 130 valence electrons. The van der Waals surface area contributed by atoms with Gasteiger partial charge in [0.25, 0.3) is 5.91 Å². The molecule has 1 amide bonds. The lowest BCUT2D eigenvalue weighted by Gasteiger charge is -2.28. The number of benzene rings is 1. The second-order valence-electron chi connectivity index (χ2n) is 7.53. The maximum Gasteiger partial charge on any atom is 0.251 e. The Bertz CT molecular complexity index is 722. The first-order chi connectivity index (χ1) is 11.5. The summed E-state index contributed by atoms with van der Waals surface area (Å²) in [7, 11) is 4.13. The molecule has 24 heavy (non-hydrogen) atoms. The number of hydrogen-bond acceptors (Lipinski definition) is 2. The van der Waals surface area contributed by atoms with Gasteiger partial charge >= 0.3 is 0 Å². The van der Waals surface area contributed by atoms with Crippen molar-refractivity contribution < 1.29 is 4.79 Å². The highest BCUT2D eigenvalue weighted by atomic mass is 16.1. The Kier molecular flexibility index (Phi) is 4.95. The molecule has 1 aliphatic carbocycles. The molecule has 0 spiro atoms. The summed E-state index contributed by atoms with van der Waals surface area (Å²) in [5.74, 6) is 0.523. The number of rotatable bonds is 5. The maximum atomic E-state index is 12.6. The third-order valence-electron chi connectivity index (χ3n) is 5.26. The van der Waals surface area contributed by atoms with Crippen molar-refractivity contribution in [2.75, 3.05) is 20.6 Å². The molecule has 0 fully saturated rings. The number of fused-ring (bicyclic) bond motifs is 3. The molecule has 0 aliphatic heterocycles. The SMILES string of the molecule is CC(C)[C@H](CNC(=O)c1ccc2[nH]c3c(c2c1)CCCC3)N(C)C. The molecule has 0 radical (unpaired) electrons. The van der Waals surface area contributed by atoms with Crippen LogP contribution in [0, 0.1) is 5.92 Å². The fourth-order valence-corrected chi connectivity index (χ4v) is 3.86. The highest BCUT2D eigenvalue weighted by Gasteiger charge is 2.19. The molecule has 4 nitrogen and oxygen atoms in total. The summed E-state index contributed by atoms with van der Waals surface area (Å²) < 4.78 is 0. The van der Waals surface area contributed by atoms with Gasteiger partial charge in [-0.05, 0) is 69.5 Å². The van der Waals surface area contributed by atoms with E-state index in [0.717, 1.165) is 23.9 Å². The Labute approximate surface area is 144 Å². The van der Waals surface area contributed by atoms with E-state index in [4.69, 9.17) is 0 Å². The first-order valence-corrected chi connectivity index (χ1v) is 9.05.